The van der Waals surface area contributed by atoms with E-state index in [1.165, 1.54) is 25.7 Å². The summed E-state index contributed by atoms with van der Waals surface area (Å²) < 4.78 is 0. The molecular weight excluding hydrogens is 444 g/mol. The molecule has 3 aromatic rings. The molecule has 0 aliphatic rings. The number of phenols is 3. The lowest BCUT2D eigenvalue weighted by molar-refractivity contribution is 0.432. The average molecular weight is 489 g/mol. The smallest absolute Gasteiger partial charge is 0.121 e. The molecule has 3 nitrogen and oxygen atoms in total. The topological polar surface area (TPSA) is 60.7 Å². The zero-order valence-corrected chi connectivity index (χ0v) is 23.3. The van der Waals surface area contributed by atoms with Gasteiger partial charge in [0.15, 0.2) is 0 Å². The summed E-state index contributed by atoms with van der Waals surface area (Å²) >= 11 is 0. The zero-order chi connectivity index (χ0) is 26.6. The minimum atomic E-state index is -0.628. The van der Waals surface area contributed by atoms with Crippen LogP contribution in [0.2, 0.25) is 0 Å². The third-order valence-corrected chi connectivity index (χ3v) is 8.30. The Hall–Kier alpha value is -2.94. The summed E-state index contributed by atoms with van der Waals surface area (Å²) in [6, 6.07) is 11.9. The third kappa shape index (κ3) is 4.98. The minimum absolute atomic E-state index is 0.272. The van der Waals surface area contributed by atoms with E-state index in [-0.39, 0.29) is 5.75 Å². The van der Waals surface area contributed by atoms with Crippen molar-refractivity contribution in [2.45, 2.75) is 98.8 Å². The van der Waals surface area contributed by atoms with Gasteiger partial charge in [0.1, 0.15) is 17.2 Å². The standard InChI is InChI=1S/C33H44O3/c1-8-9-10-11-12-15-18-33(27-16-13-14-17-30(27)34,28-19-21(2)31(35)25(6)23(28)4)29-20-22(3)32(36)26(7)24(29)5/h13-14,16-17,19-20,34-36H,8-12,15,18H2,1-7H3. The molecule has 0 fully saturated rings. The number of hydrogen-bond acceptors (Lipinski definition) is 3. The summed E-state index contributed by atoms with van der Waals surface area (Å²) in [6.07, 6.45) is 7.88. The molecule has 0 radical (unpaired) electrons. The summed E-state index contributed by atoms with van der Waals surface area (Å²) in [6.45, 7) is 14.2. The van der Waals surface area contributed by atoms with E-state index >= 15 is 0 Å². The molecule has 0 aliphatic carbocycles. The molecule has 3 rings (SSSR count). The van der Waals surface area contributed by atoms with Crippen molar-refractivity contribution in [3.63, 3.8) is 0 Å². The number of unbranched alkanes of at least 4 members (excludes halogenated alkanes) is 5. The van der Waals surface area contributed by atoms with Crippen LogP contribution in [0, 0.1) is 41.5 Å². The van der Waals surface area contributed by atoms with E-state index in [0.717, 1.165) is 69.3 Å². The van der Waals surface area contributed by atoms with Crippen molar-refractivity contribution in [1.29, 1.82) is 0 Å². The van der Waals surface area contributed by atoms with E-state index in [0.29, 0.717) is 11.5 Å². The maximum atomic E-state index is 11.3. The Morgan fingerprint density at radius 3 is 1.56 bits per heavy atom. The first-order valence-corrected chi connectivity index (χ1v) is 13.5. The fourth-order valence-corrected chi connectivity index (χ4v) is 5.87. The maximum Gasteiger partial charge on any atom is 0.121 e. The second-order valence-electron chi connectivity index (χ2n) is 10.6. The van der Waals surface area contributed by atoms with Crippen LogP contribution in [0.3, 0.4) is 0 Å². The molecule has 0 saturated carbocycles. The number of rotatable bonds is 10. The zero-order valence-electron chi connectivity index (χ0n) is 23.3. The van der Waals surface area contributed by atoms with Gasteiger partial charge < -0.3 is 15.3 Å². The van der Waals surface area contributed by atoms with Crippen LogP contribution in [-0.4, -0.2) is 15.3 Å². The lowest BCUT2D eigenvalue weighted by Gasteiger charge is -2.40. The summed E-state index contributed by atoms with van der Waals surface area (Å²) in [5, 5.41) is 32.8. The fraction of sp³-hybridized carbons (Fsp3) is 0.455. The predicted molar refractivity (Wildman–Crippen MR) is 151 cm³/mol. The van der Waals surface area contributed by atoms with Crippen LogP contribution in [-0.2, 0) is 5.41 Å². The first-order valence-electron chi connectivity index (χ1n) is 13.5. The number of aryl methyl sites for hydroxylation is 2. The second kappa shape index (κ2) is 11.4. The monoisotopic (exact) mass is 488 g/mol. The molecule has 0 heterocycles. The Balaban J connectivity index is 2.39. The van der Waals surface area contributed by atoms with Gasteiger partial charge in [0.2, 0.25) is 0 Å². The third-order valence-electron chi connectivity index (χ3n) is 8.30. The van der Waals surface area contributed by atoms with Gasteiger partial charge in [0.05, 0.1) is 0 Å². The highest BCUT2D eigenvalue weighted by Crippen LogP contribution is 2.51. The van der Waals surface area contributed by atoms with Gasteiger partial charge in [-0.05, 0) is 98.5 Å². The molecule has 36 heavy (non-hydrogen) atoms. The van der Waals surface area contributed by atoms with E-state index in [1.54, 1.807) is 6.07 Å². The van der Waals surface area contributed by atoms with E-state index in [1.807, 2.05) is 45.9 Å². The van der Waals surface area contributed by atoms with Crippen molar-refractivity contribution in [3.8, 4) is 17.2 Å². The van der Waals surface area contributed by atoms with Crippen molar-refractivity contribution in [2.75, 3.05) is 0 Å². The largest absolute Gasteiger partial charge is 0.508 e. The maximum absolute atomic E-state index is 11.3. The molecule has 0 spiro atoms. The van der Waals surface area contributed by atoms with Crippen molar-refractivity contribution in [3.05, 3.63) is 86.5 Å². The molecular formula is C33H44O3. The molecule has 0 atom stereocenters. The van der Waals surface area contributed by atoms with E-state index in [2.05, 4.69) is 32.9 Å². The lowest BCUT2D eigenvalue weighted by Crippen LogP contribution is -2.32. The van der Waals surface area contributed by atoms with Crippen molar-refractivity contribution in [1.82, 2.24) is 0 Å². The van der Waals surface area contributed by atoms with Crippen LogP contribution in [0.5, 0.6) is 17.2 Å². The molecule has 0 aliphatic heterocycles. The molecule has 0 aromatic heterocycles. The fourth-order valence-electron chi connectivity index (χ4n) is 5.87. The Kier molecular flexibility index (Phi) is 8.76. The molecule has 3 heteroatoms. The SMILES string of the molecule is CCCCCCCCC(c1ccccc1O)(c1cc(C)c(O)c(C)c1C)c1cc(C)c(O)c(C)c1C. The predicted octanol–water partition coefficient (Wildman–Crippen LogP) is 8.74. The van der Waals surface area contributed by atoms with E-state index in [4.69, 9.17) is 0 Å². The van der Waals surface area contributed by atoms with Gasteiger partial charge in [-0.3, -0.25) is 0 Å². The van der Waals surface area contributed by atoms with Crippen LogP contribution in [0.4, 0.5) is 0 Å². The minimum Gasteiger partial charge on any atom is -0.508 e. The number of phenolic OH excluding ortho intramolecular Hbond substituents is 3. The van der Waals surface area contributed by atoms with Crippen molar-refractivity contribution in [2.24, 2.45) is 0 Å². The quantitative estimate of drug-likeness (QED) is 0.197. The van der Waals surface area contributed by atoms with Crippen molar-refractivity contribution < 1.29 is 15.3 Å². The Morgan fingerprint density at radius 1 is 0.583 bits per heavy atom. The summed E-state index contributed by atoms with van der Waals surface area (Å²) in [7, 11) is 0. The van der Waals surface area contributed by atoms with Gasteiger partial charge in [-0.1, -0.05) is 75.8 Å². The van der Waals surface area contributed by atoms with Crippen LogP contribution in [0.1, 0.15) is 102 Å². The number of hydrogen-bond donors (Lipinski definition) is 3. The van der Waals surface area contributed by atoms with E-state index in [9.17, 15) is 15.3 Å². The Morgan fingerprint density at radius 2 is 1.06 bits per heavy atom. The van der Waals surface area contributed by atoms with Crippen LogP contribution in [0.25, 0.3) is 0 Å². The number of para-hydroxylation sites is 1. The molecule has 194 valence electrons. The first kappa shape index (κ1) is 27.6. The molecule has 0 unspecified atom stereocenters. The molecule has 0 saturated heterocycles. The van der Waals surface area contributed by atoms with Gasteiger partial charge in [-0.2, -0.15) is 0 Å². The molecule has 3 N–H and O–H groups in total. The van der Waals surface area contributed by atoms with Gasteiger partial charge in [0, 0.05) is 11.0 Å². The number of benzene rings is 3. The van der Waals surface area contributed by atoms with Gasteiger partial charge in [-0.25, -0.2) is 0 Å². The normalized spacial score (nSPS) is 11.8. The first-order chi connectivity index (χ1) is 17.1. The van der Waals surface area contributed by atoms with Gasteiger partial charge in [-0.15, -0.1) is 0 Å². The molecule has 3 aromatic carbocycles. The second-order valence-corrected chi connectivity index (χ2v) is 10.6. The van der Waals surface area contributed by atoms with Gasteiger partial charge in [0.25, 0.3) is 0 Å². The highest BCUT2D eigenvalue weighted by Gasteiger charge is 2.41. The summed E-state index contributed by atoms with van der Waals surface area (Å²) in [5.41, 5.74) is 7.95. The number of aromatic hydroxyl groups is 3. The molecule has 0 bridgehead atoms. The van der Waals surface area contributed by atoms with Crippen LogP contribution < -0.4 is 0 Å². The van der Waals surface area contributed by atoms with Crippen LogP contribution >= 0.6 is 0 Å². The Labute approximate surface area is 217 Å². The average Bonchev–Trinajstić information content (AvgIpc) is 2.86. The van der Waals surface area contributed by atoms with Gasteiger partial charge >= 0.3 is 0 Å². The van der Waals surface area contributed by atoms with Crippen molar-refractivity contribution >= 4 is 0 Å². The van der Waals surface area contributed by atoms with Crippen LogP contribution in [0.15, 0.2) is 36.4 Å². The highest BCUT2D eigenvalue weighted by atomic mass is 16.3. The summed E-state index contributed by atoms with van der Waals surface area (Å²) in [5.74, 6) is 0.933. The summed E-state index contributed by atoms with van der Waals surface area (Å²) in [4.78, 5) is 0. The Bertz CT molecular complexity index is 1160. The lowest BCUT2D eigenvalue weighted by atomic mass is 9.62. The van der Waals surface area contributed by atoms with E-state index < -0.39 is 5.41 Å². The molecule has 0 amide bonds. The highest BCUT2D eigenvalue weighted by molar-refractivity contribution is 5.64.